The molecule has 0 radical (unpaired) electrons. The maximum Gasteiger partial charge on any atom is 0.148 e. The predicted molar refractivity (Wildman–Crippen MR) is 45.4 cm³/mol. The van der Waals surface area contributed by atoms with Gasteiger partial charge in [0.2, 0.25) is 0 Å². The van der Waals surface area contributed by atoms with Gasteiger partial charge in [-0.25, -0.2) is 0 Å². The van der Waals surface area contributed by atoms with Crippen molar-refractivity contribution >= 4 is 11.8 Å². The van der Waals surface area contributed by atoms with Gasteiger partial charge in [-0.3, -0.25) is 0 Å². The summed E-state index contributed by atoms with van der Waals surface area (Å²) < 4.78 is 10.4. The van der Waals surface area contributed by atoms with Crippen molar-refractivity contribution in [3.05, 3.63) is 24.0 Å². The Morgan fingerprint density at radius 1 is 1.55 bits per heavy atom. The molecule has 1 fully saturated rings. The van der Waals surface area contributed by atoms with Gasteiger partial charge < -0.3 is 9.47 Å². The van der Waals surface area contributed by atoms with E-state index < -0.39 is 0 Å². The van der Waals surface area contributed by atoms with E-state index >= 15 is 0 Å². The quantitative estimate of drug-likeness (QED) is 0.586. The molecule has 1 aliphatic heterocycles. The number of methoxy groups -OCH3 is 2. The Kier molecular flexibility index (Phi) is 1.51. The highest BCUT2D eigenvalue weighted by molar-refractivity contribution is 8.08. The van der Waals surface area contributed by atoms with Gasteiger partial charge in [0.25, 0.3) is 0 Å². The van der Waals surface area contributed by atoms with Crippen molar-refractivity contribution in [2.75, 3.05) is 14.2 Å². The van der Waals surface area contributed by atoms with E-state index in [0.717, 1.165) is 5.76 Å². The van der Waals surface area contributed by atoms with Crippen LogP contribution in [0.3, 0.4) is 0 Å². The van der Waals surface area contributed by atoms with Gasteiger partial charge in [0.05, 0.1) is 12.4 Å². The zero-order valence-electron chi connectivity index (χ0n) is 6.53. The molecule has 0 bridgehead atoms. The summed E-state index contributed by atoms with van der Waals surface area (Å²) in [5, 5.41) is 0.465. The van der Waals surface area contributed by atoms with Crippen molar-refractivity contribution in [1.29, 1.82) is 0 Å². The topological polar surface area (TPSA) is 18.5 Å². The molecule has 2 nitrogen and oxygen atoms in total. The maximum absolute atomic E-state index is 5.32. The monoisotopic (exact) mass is 170 g/mol. The van der Waals surface area contributed by atoms with E-state index in [9.17, 15) is 0 Å². The molecule has 2 aliphatic rings. The number of thioether (sulfide) groups is 1. The third-order valence-corrected chi connectivity index (χ3v) is 3.41. The summed E-state index contributed by atoms with van der Waals surface area (Å²) in [4.78, 5) is -0.0535. The molecule has 2 unspecified atom stereocenters. The highest BCUT2D eigenvalue weighted by atomic mass is 32.2. The lowest BCUT2D eigenvalue weighted by Crippen LogP contribution is -2.15. The molecule has 0 aromatic carbocycles. The van der Waals surface area contributed by atoms with Crippen LogP contribution in [-0.4, -0.2) is 24.4 Å². The van der Waals surface area contributed by atoms with Crippen LogP contribution in [0.15, 0.2) is 24.0 Å². The van der Waals surface area contributed by atoms with Gasteiger partial charge in [-0.1, -0.05) is 0 Å². The van der Waals surface area contributed by atoms with Crippen LogP contribution < -0.4 is 0 Å². The van der Waals surface area contributed by atoms with Gasteiger partial charge in [-0.15, -0.1) is 11.8 Å². The summed E-state index contributed by atoms with van der Waals surface area (Å²) in [5.41, 5.74) is 0. The second-order valence-electron chi connectivity index (χ2n) is 2.57. The van der Waals surface area contributed by atoms with Gasteiger partial charge in [-0.2, -0.15) is 0 Å². The first-order valence-electron chi connectivity index (χ1n) is 3.49. The highest BCUT2D eigenvalue weighted by Gasteiger charge is 2.54. The van der Waals surface area contributed by atoms with E-state index in [1.807, 2.05) is 6.08 Å². The molecule has 0 N–H and O–H groups in total. The number of hydrogen-bond acceptors (Lipinski definition) is 3. The molecule has 3 heteroatoms. The van der Waals surface area contributed by atoms with Gasteiger partial charge >= 0.3 is 0 Å². The molecule has 0 aromatic heterocycles. The molecule has 1 saturated heterocycles. The minimum atomic E-state index is -0.0535. The van der Waals surface area contributed by atoms with E-state index in [1.54, 1.807) is 26.0 Å². The summed E-state index contributed by atoms with van der Waals surface area (Å²) in [6.45, 7) is 0. The normalized spacial score (nSPS) is 39.5. The number of hydrogen-bond donors (Lipinski definition) is 0. The predicted octanol–water partition coefficient (Wildman–Crippen LogP) is 1.54. The second-order valence-corrected chi connectivity index (χ2v) is 3.95. The van der Waals surface area contributed by atoms with Crippen LogP contribution in [0.2, 0.25) is 0 Å². The zero-order chi connectivity index (χ0) is 7.90. The van der Waals surface area contributed by atoms with Crippen molar-refractivity contribution in [1.82, 2.24) is 0 Å². The summed E-state index contributed by atoms with van der Waals surface area (Å²) in [6.07, 6.45) is 6.11. The van der Waals surface area contributed by atoms with Crippen LogP contribution >= 0.6 is 11.8 Å². The molecular weight excluding hydrogens is 160 g/mol. The molecule has 0 aromatic rings. The highest BCUT2D eigenvalue weighted by Crippen LogP contribution is 2.57. The molecule has 0 amide bonds. The van der Waals surface area contributed by atoms with Crippen molar-refractivity contribution in [3.63, 3.8) is 0 Å². The fraction of sp³-hybridized carbons (Fsp3) is 0.500. The Bertz CT molecular complexity index is 234. The summed E-state index contributed by atoms with van der Waals surface area (Å²) in [6, 6.07) is 0. The van der Waals surface area contributed by atoms with Gasteiger partial charge in [-0.05, 0) is 18.2 Å². The van der Waals surface area contributed by atoms with Crippen molar-refractivity contribution in [2.45, 2.75) is 10.2 Å². The van der Waals surface area contributed by atoms with E-state index in [-0.39, 0.29) is 4.93 Å². The third-order valence-electron chi connectivity index (χ3n) is 2.00. The standard InChI is InChI=1S/C8H10O2S/c1-9-6-3-4-8(10-2)7(5-6)11-8/h3-5,7H,1-2H3. The minimum absolute atomic E-state index is 0.0535. The zero-order valence-corrected chi connectivity index (χ0v) is 7.35. The lowest BCUT2D eigenvalue weighted by molar-refractivity contribution is 0.141. The first-order chi connectivity index (χ1) is 5.30. The Hall–Kier alpha value is -0.410. The van der Waals surface area contributed by atoms with E-state index in [4.69, 9.17) is 9.47 Å². The molecule has 11 heavy (non-hydrogen) atoms. The lowest BCUT2D eigenvalue weighted by atomic mass is 10.1. The molecule has 1 aliphatic carbocycles. The summed E-state index contributed by atoms with van der Waals surface area (Å²) >= 11 is 1.80. The smallest absolute Gasteiger partial charge is 0.148 e. The largest absolute Gasteiger partial charge is 0.497 e. The number of rotatable bonds is 2. The first kappa shape index (κ1) is 7.25. The van der Waals surface area contributed by atoms with Gasteiger partial charge in [0.1, 0.15) is 10.7 Å². The third kappa shape index (κ3) is 0.993. The van der Waals surface area contributed by atoms with E-state index in [1.165, 1.54) is 0 Å². The molecule has 2 rings (SSSR count). The van der Waals surface area contributed by atoms with Crippen LogP contribution in [0.5, 0.6) is 0 Å². The average molecular weight is 170 g/mol. The Labute approximate surface area is 70.3 Å². The Balaban J connectivity index is 2.15. The molecule has 1 heterocycles. The fourth-order valence-corrected chi connectivity index (χ4v) is 2.24. The fourth-order valence-electron chi connectivity index (χ4n) is 1.22. The maximum atomic E-state index is 5.32. The summed E-state index contributed by atoms with van der Waals surface area (Å²) in [7, 11) is 3.42. The van der Waals surface area contributed by atoms with Crippen LogP contribution in [-0.2, 0) is 9.47 Å². The molecule has 60 valence electrons. The molecule has 2 atom stereocenters. The Morgan fingerprint density at radius 3 is 2.91 bits per heavy atom. The van der Waals surface area contributed by atoms with Crippen molar-refractivity contribution in [2.24, 2.45) is 0 Å². The lowest BCUT2D eigenvalue weighted by Gasteiger charge is -2.11. The van der Waals surface area contributed by atoms with Crippen molar-refractivity contribution in [3.8, 4) is 0 Å². The van der Waals surface area contributed by atoms with Crippen molar-refractivity contribution < 1.29 is 9.47 Å². The van der Waals surface area contributed by atoms with Crippen LogP contribution in [0, 0.1) is 0 Å². The number of allylic oxidation sites excluding steroid dienone is 1. The minimum Gasteiger partial charge on any atom is -0.497 e. The first-order valence-corrected chi connectivity index (χ1v) is 4.37. The second kappa shape index (κ2) is 2.29. The SMILES string of the molecule is COC1=CC2SC2(OC)C=C1. The van der Waals surface area contributed by atoms with Gasteiger partial charge in [0.15, 0.2) is 0 Å². The molecular formula is C8H10O2S. The summed E-state index contributed by atoms with van der Waals surface area (Å²) in [5.74, 6) is 0.938. The number of ether oxygens (including phenoxy) is 2. The number of fused-ring (bicyclic) bond motifs is 1. The van der Waals surface area contributed by atoms with Crippen LogP contribution in [0.4, 0.5) is 0 Å². The van der Waals surface area contributed by atoms with E-state index in [0.29, 0.717) is 5.25 Å². The molecule has 0 spiro atoms. The van der Waals surface area contributed by atoms with Crippen LogP contribution in [0.25, 0.3) is 0 Å². The van der Waals surface area contributed by atoms with Gasteiger partial charge in [0, 0.05) is 7.11 Å². The van der Waals surface area contributed by atoms with E-state index in [2.05, 4.69) is 12.2 Å². The average Bonchev–Trinajstić information content (AvgIpc) is 2.77. The Morgan fingerprint density at radius 2 is 2.36 bits per heavy atom. The van der Waals surface area contributed by atoms with Crippen LogP contribution in [0.1, 0.15) is 0 Å². The molecule has 0 saturated carbocycles.